The number of fused-ring (bicyclic) bond motifs is 1. The second kappa shape index (κ2) is 20.3. The number of carboxylic acid groups (broad SMARTS) is 2. The zero-order valence-electron chi connectivity index (χ0n) is 31.2. The predicted molar refractivity (Wildman–Crippen MR) is 202 cm³/mol. The van der Waals surface area contributed by atoms with Crippen molar-refractivity contribution in [2.75, 3.05) is 26.2 Å². The first-order valence-corrected chi connectivity index (χ1v) is 18.9. The number of hydrogen-bond donors (Lipinski definition) is 4. The van der Waals surface area contributed by atoms with E-state index in [0.29, 0.717) is 47.2 Å². The maximum absolute atomic E-state index is 14.0. The monoisotopic (exact) mass is 817 g/mol. The van der Waals surface area contributed by atoms with Crippen molar-refractivity contribution < 1.29 is 52.4 Å². The van der Waals surface area contributed by atoms with Gasteiger partial charge in [-0.05, 0) is 73.8 Å². The van der Waals surface area contributed by atoms with Crippen LogP contribution in [0.2, 0.25) is 0 Å². The molecule has 0 bridgehead atoms. The van der Waals surface area contributed by atoms with Crippen LogP contribution >= 0.6 is 11.8 Å². The Kier molecular flexibility index (Phi) is 15.9. The van der Waals surface area contributed by atoms with Crippen molar-refractivity contribution in [2.45, 2.75) is 75.5 Å². The van der Waals surface area contributed by atoms with Crippen molar-refractivity contribution in [3.05, 3.63) is 111 Å². The van der Waals surface area contributed by atoms with Gasteiger partial charge in [-0.25, -0.2) is 19.0 Å². The number of hydrogen-bond acceptors (Lipinski definition) is 10. The van der Waals surface area contributed by atoms with Gasteiger partial charge in [0.25, 0.3) is 5.56 Å². The van der Waals surface area contributed by atoms with Crippen molar-refractivity contribution in [1.29, 1.82) is 0 Å². The van der Waals surface area contributed by atoms with Gasteiger partial charge < -0.3 is 30.2 Å². The van der Waals surface area contributed by atoms with Gasteiger partial charge in [0.05, 0.1) is 17.0 Å². The number of aliphatic hydroxyl groups is 2. The number of aromatic nitrogens is 3. The molecule has 13 nitrogen and oxygen atoms in total. The fourth-order valence-corrected chi connectivity index (χ4v) is 6.79. The highest BCUT2D eigenvalue weighted by atomic mass is 32.2. The molecular formula is C39H43F4N5O8S. The molecule has 2 atom stereocenters. The molecule has 0 fully saturated rings. The van der Waals surface area contributed by atoms with Crippen LogP contribution in [0.4, 0.5) is 17.6 Å². The van der Waals surface area contributed by atoms with Crippen molar-refractivity contribution in [1.82, 2.24) is 24.3 Å². The van der Waals surface area contributed by atoms with E-state index in [1.807, 2.05) is 6.07 Å². The third-order valence-electron chi connectivity index (χ3n) is 9.17. The number of aliphatic hydroxyl groups excluding tert-OH is 2. The van der Waals surface area contributed by atoms with E-state index in [9.17, 15) is 36.7 Å². The minimum Gasteiger partial charge on any atom is -0.479 e. The first-order valence-electron chi connectivity index (χ1n) is 18.0. The number of halogens is 4. The topological polar surface area (TPSA) is 186 Å². The van der Waals surface area contributed by atoms with Crippen LogP contribution in [-0.4, -0.2) is 101 Å². The highest BCUT2D eigenvalue weighted by molar-refractivity contribution is 7.98. The molecule has 1 aliphatic rings. The Labute approximate surface area is 329 Å². The van der Waals surface area contributed by atoms with Gasteiger partial charge in [-0.2, -0.15) is 13.2 Å². The van der Waals surface area contributed by atoms with Gasteiger partial charge in [-0.15, -0.1) is 0 Å². The zero-order valence-corrected chi connectivity index (χ0v) is 32.0. The molecule has 18 heteroatoms. The van der Waals surface area contributed by atoms with Gasteiger partial charge in [-0.3, -0.25) is 19.1 Å². The summed E-state index contributed by atoms with van der Waals surface area (Å²) in [5, 5.41) is 33.0. The molecule has 4 aromatic rings. The van der Waals surface area contributed by atoms with E-state index in [4.69, 9.17) is 25.4 Å². The molecule has 0 radical (unpaired) electrons. The standard InChI is InChI=1S/C35H37F4N5O2S.C4H6O6/c1-3-42(4-2)18-19-43(21-25-10-17-30(40-20-25)26-11-13-27(14-12-26)35(37,38)39)32(45)22-44-33(46)29-6-5-7-31(29)41-34(44)47-23-24-8-15-28(36)16-9-24;5-1(3(7)8)2(6)4(9)10/h8-17,20H,3-7,18-19,21-23H2,1-2H3;1-2,5-6H,(H,7,8)(H,9,10). The zero-order chi connectivity index (χ0) is 41.9. The Hall–Kier alpha value is -5.17. The second-order valence-corrected chi connectivity index (χ2v) is 14.0. The third-order valence-corrected chi connectivity index (χ3v) is 10.2. The van der Waals surface area contributed by atoms with Crippen LogP contribution in [0.25, 0.3) is 11.3 Å². The molecule has 5 rings (SSSR count). The largest absolute Gasteiger partial charge is 0.479 e. The number of aryl methyl sites for hydroxylation is 1. The quantitative estimate of drug-likeness (QED) is 0.0707. The molecule has 2 unspecified atom stereocenters. The molecule has 57 heavy (non-hydrogen) atoms. The number of rotatable bonds is 16. The van der Waals surface area contributed by atoms with Crippen LogP contribution in [0, 0.1) is 5.82 Å². The lowest BCUT2D eigenvalue weighted by Crippen LogP contribution is -2.41. The summed E-state index contributed by atoms with van der Waals surface area (Å²) in [6, 6.07) is 14.5. The number of pyridine rings is 1. The number of alkyl halides is 3. The van der Waals surface area contributed by atoms with Crippen LogP contribution in [0.3, 0.4) is 0 Å². The SMILES string of the molecule is CCN(CC)CCN(Cc1ccc(-c2ccc(C(F)(F)F)cc2)nc1)C(=O)Cn1c(SCc2ccc(F)cc2)nc2c(c1=O)CCC2.O=C(O)C(O)C(O)C(=O)O. The van der Waals surface area contributed by atoms with Crippen molar-refractivity contribution >= 4 is 29.6 Å². The van der Waals surface area contributed by atoms with E-state index >= 15 is 0 Å². The van der Waals surface area contributed by atoms with E-state index in [1.54, 1.807) is 29.3 Å². The van der Waals surface area contributed by atoms with Crippen LogP contribution in [0.1, 0.15) is 48.2 Å². The maximum atomic E-state index is 14.0. The summed E-state index contributed by atoms with van der Waals surface area (Å²) in [5.74, 6) is -3.65. The van der Waals surface area contributed by atoms with Gasteiger partial charge in [0, 0.05) is 42.7 Å². The number of thioether (sulfide) groups is 1. The van der Waals surface area contributed by atoms with E-state index in [0.717, 1.165) is 54.9 Å². The van der Waals surface area contributed by atoms with E-state index in [1.165, 1.54) is 40.6 Å². The number of nitrogens with zero attached hydrogens (tertiary/aromatic N) is 5. The molecule has 1 aliphatic carbocycles. The van der Waals surface area contributed by atoms with E-state index < -0.39 is 35.9 Å². The van der Waals surface area contributed by atoms with Crippen molar-refractivity contribution in [2.24, 2.45) is 0 Å². The van der Waals surface area contributed by atoms with E-state index in [2.05, 4.69) is 23.7 Å². The minimum absolute atomic E-state index is 0.180. The third kappa shape index (κ3) is 12.4. The number of carbonyl (C=O) groups is 3. The number of likely N-dealkylation sites (N-methyl/N-ethyl adjacent to an activating group) is 1. The van der Waals surface area contributed by atoms with Gasteiger partial charge in [0.1, 0.15) is 12.4 Å². The summed E-state index contributed by atoms with van der Waals surface area (Å²) < 4.78 is 53.9. The first kappa shape index (κ1) is 44.5. The Morgan fingerprint density at radius 2 is 1.49 bits per heavy atom. The van der Waals surface area contributed by atoms with E-state index in [-0.39, 0.29) is 30.4 Å². The van der Waals surface area contributed by atoms with Gasteiger partial charge in [0.15, 0.2) is 17.4 Å². The highest BCUT2D eigenvalue weighted by Gasteiger charge is 2.31. The molecule has 306 valence electrons. The fourth-order valence-electron chi connectivity index (χ4n) is 5.82. The number of carboxylic acids is 2. The molecular weight excluding hydrogens is 775 g/mol. The van der Waals surface area contributed by atoms with Crippen LogP contribution in [-0.2, 0) is 52.2 Å². The summed E-state index contributed by atoms with van der Waals surface area (Å²) in [5.41, 5.74) is 3.19. The lowest BCUT2D eigenvalue weighted by Gasteiger charge is -2.27. The number of benzene rings is 2. The summed E-state index contributed by atoms with van der Waals surface area (Å²) in [4.78, 5) is 60.4. The minimum atomic E-state index is -4.42. The molecule has 0 aliphatic heterocycles. The lowest BCUT2D eigenvalue weighted by molar-refractivity contribution is -0.165. The number of carbonyl (C=O) groups excluding carboxylic acids is 1. The summed E-state index contributed by atoms with van der Waals surface area (Å²) in [6.45, 7) is 6.87. The first-order chi connectivity index (χ1) is 27.0. The smallest absolute Gasteiger partial charge is 0.416 e. The molecule has 1 amide bonds. The summed E-state index contributed by atoms with van der Waals surface area (Å²) in [7, 11) is 0. The summed E-state index contributed by atoms with van der Waals surface area (Å²) in [6.07, 6.45) is -5.15. The Balaban J connectivity index is 0.000000635. The highest BCUT2D eigenvalue weighted by Crippen LogP contribution is 2.31. The Morgan fingerprint density at radius 1 is 0.877 bits per heavy atom. The molecule has 0 spiro atoms. The predicted octanol–water partition coefficient (Wildman–Crippen LogP) is 4.49. The molecule has 0 saturated carbocycles. The van der Waals surface area contributed by atoms with Gasteiger partial charge in [0.2, 0.25) is 5.91 Å². The molecule has 4 N–H and O–H groups in total. The molecule has 0 saturated heterocycles. The van der Waals surface area contributed by atoms with Crippen LogP contribution < -0.4 is 5.56 Å². The summed E-state index contributed by atoms with van der Waals surface area (Å²) >= 11 is 1.35. The number of amides is 1. The van der Waals surface area contributed by atoms with Crippen molar-refractivity contribution in [3.8, 4) is 11.3 Å². The van der Waals surface area contributed by atoms with Crippen LogP contribution in [0.15, 0.2) is 76.8 Å². The average molecular weight is 818 g/mol. The average Bonchev–Trinajstić information content (AvgIpc) is 3.67. The van der Waals surface area contributed by atoms with Gasteiger partial charge >= 0.3 is 18.1 Å². The Morgan fingerprint density at radius 3 is 2.04 bits per heavy atom. The molecule has 2 heterocycles. The fraction of sp³-hybridized carbons (Fsp3) is 0.385. The maximum Gasteiger partial charge on any atom is 0.416 e. The normalized spacial score (nSPS) is 13.4. The lowest BCUT2D eigenvalue weighted by atomic mass is 10.1. The van der Waals surface area contributed by atoms with Crippen LogP contribution in [0.5, 0.6) is 0 Å². The second-order valence-electron chi connectivity index (χ2n) is 13.0. The Bertz CT molecular complexity index is 2030. The molecule has 2 aromatic carbocycles. The van der Waals surface area contributed by atoms with Crippen molar-refractivity contribution in [3.63, 3.8) is 0 Å². The van der Waals surface area contributed by atoms with Gasteiger partial charge in [-0.1, -0.05) is 55.9 Å². The molecule has 2 aromatic heterocycles. The number of aliphatic carboxylic acids is 2.